The second-order valence-electron chi connectivity index (χ2n) is 2.49. The summed E-state index contributed by atoms with van der Waals surface area (Å²) in [6, 6.07) is 0.410. The molecule has 1 nitrogen and oxygen atoms in total. The first-order valence-corrected chi connectivity index (χ1v) is 4.21. The van der Waals surface area contributed by atoms with Crippen LogP contribution in [0.15, 0.2) is 0 Å². The Bertz CT molecular complexity index is 68.9. The SMILES string of the molecule is CC(N)CC1CCS1. The van der Waals surface area contributed by atoms with E-state index in [0.29, 0.717) is 6.04 Å². The molecule has 0 aromatic carbocycles. The van der Waals surface area contributed by atoms with Gasteiger partial charge in [0, 0.05) is 11.3 Å². The lowest BCUT2D eigenvalue weighted by atomic mass is 10.1. The quantitative estimate of drug-likeness (QED) is 0.610. The number of rotatable bonds is 2. The molecule has 1 saturated heterocycles. The van der Waals surface area contributed by atoms with E-state index < -0.39 is 0 Å². The molecule has 0 bridgehead atoms. The molecule has 0 spiro atoms. The highest BCUT2D eigenvalue weighted by Crippen LogP contribution is 2.30. The third-order valence-electron chi connectivity index (χ3n) is 1.43. The number of hydrogen-bond donors (Lipinski definition) is 1. The second kappa shape index (κ2) is 2.74. The molecule has 48 valence electrons. The maximum absolute atomic E-state index is 5.59. The summed E-state index contributed by atoms with van der Waals surface area (Å²) in [6.45, 7) is 2.08. The highest BCUT2D eigenvalue weighted by atomic mass is 32.2. The van der Waals surface area contributed by atoms with Crippen LogP contribution in [0.1, 0.15) is 19.8 Å². The minimum Gasteiger partial charge on any atom is -0.328 e. The van der Waals surface area contributed by atoms with Crippen molar-refractivity contribution >= 4 is 11.8 Å². The molecule has 0 aromatic heterocycles. The van der Waals surface area contributed by atoms with Gasteiger partial charge in [-0.2, -0.15) is 11.8 Å². The Balaban J connectivity index is 2.01. The van der Waals surface area contributed by atoms with Crippen LogP contribution in [-0.2, 0) is 0 Å². The fraction of sp³-hybridized carbons (Fsp3) is 1.00. The van der Waals surface area contributed by atoms with Crippen LogP contribution in [0.25, 0.3) is 0 Å². The molecule has 1 rings (SSSR count). The van der Waals surface area contributed by atoms with Gasteiger partial charge in [0.05, 0.1) is 0 Å². The molecule has 0 saturated carbocycles. The lowest BCUT2D eigenvalue weighted by Gasteiger charge is -2.25. The molecule has 2 N–H and O–H groups in total. The molecular formula is C6H13NS. The van der Waals surface area contributed by atoms with Gasteiger partial charge in [-0.25, -0.2) is 0 Å². The van der Waals surface area contributed by atoms with E-state index in [9.17, 15) is 0 Å². The van der Waals surface area contributed by atoms with E-state index in [0.717, 1.165) is 5.25 Å². The van der Waals surface area contributed by atoms with Gasteiger partial charge in [0.25, 0.3) is 0 Å². The van der Waals surface area contributed by atoms with Crippen molar-refractivity contribution in [1.82, 2.24) is 0 Å². The van der Waals surface area contributed by atoms with Crippen LogP contribution in [0, 0.1) is 0 Å². The molecule has 1 heterocycles. The lowest BCUT2D eigenvalue weighted by Crippen LogP contribution is -2.25. The van der Waals surface area contributed by atoms with E-state index in [1.54, 1.807) is 0 Å². The van der Waals surface area contributed by atoms with Crippen molar-refractivity contribution in [2.45, 2.75) is 31.1 Å². The minimum absolute atomic E-state index is 0.410. The van der Waals surface area contributed by atoms with Gasteiger partial charge in [-0.15, -0.1) is 0 Å². The summed E-state index contributed by atoms with van der Waals surface area (Å²) < 4.78 is 0. The van der Waals surface area contributed by atoms with Crippen LogP contribution in [0.5, 0.6) is 0 Å². The average molecular weight is 131 g/mol. The molecule has 0 aliphatic carbocycles. The molecule has 1 fully saturated rings. The first-order valence-electron chi connectivity index (χ1n) is 3.16. The van der Waals surface area contributed by atoms with Crippen molar-refractivity contribution in [3.05, 3.63) is 0 Å². The summed E-state index contributed by atoms with van der Waals surface area (Å²) >= 11 is 2.05. The van der Waals surface area contributed by atoms with Gasteiger partial charge >= 0.3 is 0 Å². The van der Waals surface area contributed by atoms with Crippen LogP contribution in [-0.4, -0.2) is 17.0 Å². The molecule has 1 aliphatic heterocycles. The van der Waals surface area contributed by atoms with Crippen LogP contribution < -0.4 is 5.73 Å². The molecular weight excluding hydrogens is 118 g/mol. The topological polar surface area (TPSA) is 26.0 Å². The van der Waals surface area contributed by atoms with E-state index in [4.69, 9.17) is 5.73 Å². The Morgan fingerprint density at radius 2 is 2.50 bits per heavy atom. The number of thioether (sulfide) groups is 1. The maximum Gasteiger partial charge on any atom is 0.00695 e. The van der Waals surface area contributed by atoms with Gasteiger partial charge in [-0.3, -0.25) is 0 Å². The van der Waals surface area contributed by atoms with E-state index in [2.05, 4.69) is 18.7 Å². The third kappa shape index (κ3) is 1.67. The molecule has 0 radical (unpaired) electrons. The summed E-state index contributed by atoms with van der Waals surface area (Å²) in [5.74, 6) is 1.36. The van der Waals surface area contributed by atoms with E-state index in [1.165, 1.54) is 18.6 Å². The highest BCUT2D eigenvalue weighted by molar-refractivity contribution is 8.01. The molecule has 0 amide bonds. The van der Waals surface area contributed by atoms with Crippen LogP contribution >= 0.6 is 11.8 Å². The van der Waals surface area contributed by atoms with E-state index in [-0.39, 0.29) is 0 Å². The third-order valence-corrected chi connectivity index (χ3v) is 2.80. The Morgan fingerprint density at radius 3 is 2.62 bits per heavy atom. The Kier molecular flexibility index (Phi) is 2.20. The van der Waals surface area contributed by atoms with Crippen molar-refractivity contribution in [3.8, 4) is 0 Å². The number of nitrogens with two attached hydrogens (primary N) is 1. The summed E-state index contributed by atoms with van der Waals surface area (Å²) in [5.41, 5.74) is 5.59. The highest BCUT2D eigenvalue weighted by Gasteiger charge is 2.18. The van der Waals surface area contributed by atoms with Crippen molar-refractivity contribution in [1.29, 1.82) is 0 Å². The summed E-state index contributed by atoms with van der Waals surface area (Å²) in [5, 5.41) is 0.898. The zero-order chi connectivity index (χ0) is 5.98. The van der Waals surface area contributed by atoms with Crippen molar-refractivity contribution in [2.24, 2.45) is 5.73 Å². The molecule has 1 aliphatic rings. The van der Waals surface area contributed by atoms with Gasteiger partial charge in [0.2, 0.25) is 0 Å². The summed E-state index contributed by atoms with van der Waals surface area (Å²) in [6.07, 6.45) is 2.61. The van der Waals surface area contributed by atoms with Crippen LogP contribution in [0.4, 0.5) is 0 Å². The largest absolute Gasteiger partial charge is 0.328 e. The maximum atomic E-state index is 5.59. The van der Waals surface area contributed by atoms with Crippen molar-refractivity contribution in [3.63, 3.8) is 0 Å². The zero-order valence-electron chi connectivity index (χ0n) is 5.26. The monoisotopic (exact) mass is 131 g/mol. The lowest BCUT2D eigenvalue weighted by molar-refractivity contribution is 0.612. The fourth-order valence-corrected chi connectivity index (χ4v) is 1.89. The van der Waals surface area contributed by atoms with Crippen molar-refractivity contribution < 1.29 is 0 Å². The zero-order valence-corrected chi connectivity index (χ0v) is 6.08. The Morgan fingerprint density at radius 1 is 1.88 bits per heavy atom. The van der Waals surface area contributed by atoms with Gasteiger partial charge in [0.15, 0.2) is 0 Å². The predicted octanol–water partition coefficient (Wildman–Crippen LogP) is 1.23. The van der Waals surface area contributed by atoms with Gasteiger partial charge < -0.3 is 5.73 Å². The van der Waals surface area contributed by atoms with Crippen molar-refractivity contribution in [2.75, 3.05) is 5.75 Å². The molecule has 2 heteroatoms. The summed E-state index contributed by atoms with van der Waals surface area (Å²) in [7, 11) is 0. The fourth-order valence-electron chi connectivity index (χ4n) is 0.885. The normalized spacial score (nSPS) is 31.5. The van der Waals surface area contributed by atoms with Crippen LogP contribution in [0.2, 0.25) is 0 Å². The predicted molar refractivity (Wildman–Crippen MR) is 39.1 cm³/mol. The van der Waals surface area contributed by atoms with Gasteiger partial charge in [0.1, 0.15) is 0 Å². The average Bonchev–Trinajstić information content (AvgIpc) is 1.55. The number of hydrogen-bond acceptors (Lipinski definition) is 2. The second-order valence-corrected chi connectivity index (χ2v) is 3.90. The molecule has 0 aromatic rings. The standard InChI is InChI=1S/C6H13NS/c1-5(7)4-6-2-3-8-6/h5-6H,2-4,7H2,1H3. The van der Waals surface area contributed by atoms with Gasteiger partial charge in [-0.1, -0.05) is 0 Å². The smallest absolute Gasteiger partial charge is 0.00695 e. The molecule has 8 heavy (non-hydrogen) atoms. The van der Waals surface area contributed by atoms with Gasteiger partial charge in [-0.05, 0) is 25.5 Å². The molecule has 2 atom stereocenters. The summed E-state index contributed by atoms with van der Waals surface area (Å²) in [4.78, 5) is 0. The Hall–Kier alpha value is 0.310. The first kappa shape index (κ1) is 6.43. The van der Waals surface area contributed by atoms with Crippen LogP contribution in [0.3, 0.4) is 0 Å². The Labute approximate surface area is 55.0 Å². The first-order chi connectivity index (χ1) is 3.79. The van der Waals surface area contributed by atoms with E-state index >= 15 is 0 Å². The van der Waals surface area contributed by atoms with E-state index in [1.807, 2.05) is 0 Å². The minimum atomic E-state index is 0.410. The molecule has 2 unspecified atom stereocenters.